The largest absolute Gasteiger partial charge is 0.496 e. The molecule has 2 aromatic rings. The lowest BCUT2D eigenvalue weighted by molar-refractivity contribution is 0.183. The number of ether oxygens (including phenoxy) is 1. The molecule has 0 unspecified atom stereocenters. The molecule has 0 amide bonds. The van der Waals surface area contributed by atoms with E-state index in [9.17, 15) is 5.11 Å². The first-order chi connectivity index (χ1) is 10.2. The zero-order chi connectivity index (χ0) is 15.1. The van der Waals surface area contributed by atoms with Crippen LogP contribution in [0.3, 0.4) is 0 Å². The Morgan fingerprint density at radius 1 is 1.10 bits per heavy atom. The summed E-state index contributed by atoms with van der Waals surface area (Å²) in [4.78, 5) is 2.21. The van der Waals surface area contributed by atoms with E-state index in [0.29, 0.717) is 6.54 Å². The van der Waals surface area contributed by atoms with Gasteiger partial charge in [-0.3, -0.25) is 4.90 Å². The highest BCUT2D eigenvalue weighted by Gasteiger charge is 2.10. The molecular weight excluding hydrogens is 330 g/mol. The zero-order valence-corrected chi connectivity index (χ0v) is 13.7. The van der Waals surface area contributed by atoms with Crippen molar-refractivity contribution in [2.45, 2.75) is 13.1 Å². The van der Waals surface area contributed by atoms with E-state index < -0.39 is 0 Å². The van der Waals surface area contributed by atoms with E-state index in [1.165, 1.54) is 5.56 Å². The summed E-state index contributed by atoms with van der Waals surface area (Å²) in [6.45, 7) is 2.31. The molecule has 0 spiro atoms. The van der Waals surface area contributed by atoms with Crippen LogP contribution in [0.25, 0.3) is 0 Å². The third-order valence-electron chi connectivity index (χ3n) is 3.30. The van der Waals surface area contributed by atoms with Crippen LogP contribution in [0, 0.1) is 0 Å². The molecule has 0 fully saturated rings. The molecule has 0 bridgehead atoms. The monoisotopic (exact) mass is 349 g/mol. The molecule has 3 nitrogen and oxygen atoms in total. The minimum Gasteiger partial charge on any atom is -0.496 e. The number of benzene rings is 2. The van der Waals surface area contributed by atoms with Crippen molar-refractivity contribution in [3.8, 4) is 5.75 Å². The van der Waals surface area contributed by atoms with Gasteiger partial charge in [0.25, 0.3) is 0 Å². The van der Waals surface area contributed by atoms with Gasteiger partial charge in [-0.2, -0.15) is 0 Å². The van der Waals surface area contributed by atoms with Crippen molar-refractivity contribution < 1.29 is 9.84 Å². The summed E-state index contributed by atoms with van der Waals surface area (Å²) >= 11 is 3.49. The Morgan fingerprint density at radius 2 is 1.90 bits per heavy atom. The summed E-state index contributed by atoms with van der Waals surface area (Å²) in [5.41, 5.74) is 2.34. The summed E-state index contributed by atoms with van der Waals surface area (Å²) in [6.07, 6.45) is 0. The molecule has 0 radical (unpaired) electrons. The average molecular weight is 350 g/mol. The SMILES string of the molecule is COc1ccccc1CN(CCO)Cc1cccc(Br)c1. The van der Waals surface area contributed by atoms with Crippen molar-refractivity contribution >= 4 is 15.9 Å². The van der Waals surface area contributed by atoms with E-state index >= 15 is 0 Å². The van der Waals surface area contributed by atoms with Crippen LogP contribution in [0.1, 0.15) is 11.1 Å². The summed E-state index contributed by atoms with van der Waals surface area (Å²) in [5.74, 6) is 0.884. The maximum atomic E-state index is 9.29. The first-order valence-corrected chi connectivity index (χ1v) is 7.72. The third kappa shape index (κ3) is 4.84. The van der Waals surface area contributed by atoms with Gasteiger partial charge in [-0.15, -0.1) is 0 Å². The number of para-hydroxylation sites is 1. The number of nitrogens with zero attached hydrogens (tertiary/aromatic N) is 1. The number of aliphatic hydroxyl groups excluding tert-OH is 1. The third-order valence-corrected chi connectivity index (χ3v) is 3.79. The van der Waals surface area contributed by atoms with Crippen LogP contribution < -0.4 is 4.74 Å². The maximum absolute atomic E-state index is 9.29. The molecule has 0 aromatic heterocycles. The second-order valence-corrected chi connectivity index (χ2v) is 5.79. The van der Waals surface area contributed by atoms with E-state index in [1.807, 2.05) is 30.3 Å². The predicted octanol–water partition coefficient (Wildman–Crippen LogP) is 3.45. The summed E-state index contributed by atoms with van der Waals surface area (Å²) in [6, 6.07) is 16.2. The van der Waals surface area contributed by atoms with Crippen LogP contribution in [0.2, 0.25) is 0 Å². The van der Waals surface area contributed by atoms with E-state index in [4.69, 9.17) is 4.74 Å². The molecule has 0 heterocycles. The number of rotatable bonds is 7. The number of aliphatic hydroxyl groups is 1. The van der Waals surface area contributed by atoms with E-state index in [1.54, 1.807) is 7.11 Å². The summed E-state index contributed by atoms with van der Waals surface area (Å²) < 4.78 is 6.47. The Labute approximate surface area is 134 Å². The molecule has 4 heteroatoms. The molecule has 0 atom stereocenters. The maximum Gasteiger partial charge on any atom is 0.123 e. The van der Waals surface area contributed by atoms with E-state index in [-0.39, 0.29) is 6.61 Å². The van der Waals surface area contributed by atoms with Gasteiger partial charge in [0, 0.05) is 29.7 Å². The standard InChI is InChI=1S/C17H20BrNO2/c1-21-17-8-3-2-6-15(17)13-19(9-10-20)12-14-5-4-7-16(18)11-14/h2-8,11,20H,9-10,12-13H2,1H3. The van der Waals surface area contributed by atoms with Gasteiger partial charge in [0.05, 0.1) is 13.7 Å². The lowest BCUT2D eigenvalue weighted by atomic mass is 10.1. The molecule has 0 saturated carbocycles. The van der Waals surface area contributed by atoms with Gasteiger partial charge in [-0.05, 0) is 23.8 Å². The fourth-order valence-electron chi connectivity index (χ4n) is 2.32. The molecular formula is C17H20BrNO2. The highest BCUT2D eigenvalue weighted by atomic mass is 79.9. The van der Waals surface area contributed by atoms with Crippen molar-refractivity contribution in [3.05, 3.63) is 64.1 Å². The average Bonchev–Trinajstić information content (AvgIpc) is 2.48. The molecule has 0 saturated heterocycles. The number of hydrogen-bond acceptors (Lipinski definition) is 3. The molecule has 0 aliphatic heterocycles. The molecule has 112 valence electrons. The van der Waals surface area contributed by atoms with Gasteiger partial charge >= 0.3 is 0 Å². The van der Waals surface area contributed by atoms with Gasteiger partial charge in [0.1, 0.15) is 5.75 Å². The molecule has 0 aliphatic rings. The van der Waals surface area contributed by atoms with Gasteiger partial charge < -0.3 is 9.84 Å². The Kier molecular flexibility index (Phi) is 6.23. The van der Waals surface area contributed by atoms with Crippen LogP contribution in [0.15, 0.2) is 53.0 Å². The minimum atomic E-state index is 0.142. The zero-order valence-electron chi connectivity index (χ0n) is 12.1. The van der Waals surface area contributed by atoms with Gasteiger partial charge in [-0.1, -0.05) is 46.3 Å². The number of halogens is 1. The molecule has 21 heavy (non-hydrogen) atoms. The lowest BCUT2D eigenvalue weighted by Gasteiger charge is -2.22. The fourth-order valence-corrected chi connectivity index (χ4v) is 2.77. The number of methoxy groups -OCH3 is 1. The lowest BCUT2D eigenvalue weighted by Crippen LogP contribution is -2.26. The first kappa shape index (κ1) is 16.0. The Balaban J connectivity index is 2.11. The van der Waals surface area contributed by atoms with Crippen LogP contribution in [-0.4, -0.2) is 30.3 Å². The van der Waals surface area contributed by atoms with Gasteiger partial charge in [0.15, 0.2) is 0 Å². The second kappa shape index (κ2) is 8.17. The summed E-state index contributed by atoms with van der Waals surface area (Å²) in [5, 5.41) is 9.29. The van der Waals surface area contributed by atoms with E-state index in [0.717, 1.165) is 28.9 Å². The van der Waals surface area contributed by atoms with Crippen LogP contribution >= 0.6 is 15.9 Å². The van der Waals surface area contributed by atoms with Crippen molar-refractivity contribution in [3.63, 3.8) is 0 Å². The van der Waals surface area contributed by atoms with Gasteiger partial charge in [-0.25, -0.2) is 0 Å². The minimum absolute atomic E-state index is 0.142. The Hall–Kier alpha value is -1.36. The number of hydrogen-bond donors (Lipinski definition) is 1. The molecule has 0 aliphatic carbocycles. The van der Waals surface area contributed by atoms with Crippen molar-refractivity contribution in [1.29, 1.82) is 0 Å². The van der Waals surface area contributed by atoms with Crippen LogP contribution in [0.4, 0.5) is 0 Å². The quantitative estimate of drug-likeness (QED) is 0.830. The first-order valence-electron chi connectivity index (χ1n) is 6.92. The Bertz CT molecular complexity index is 574. The Morgan fingerprint density at radius 3 is 2.62 bits per heavy atom. The fraction of sp³-hybridized carbons (Fsp3) is 0.294. The normalized spacial score (nSPS) is 10.9. The van der Waals surface area contributed by atoms with Crippen molar-refractivity contribution in [2.75, 3.05) is 20.3 Å². The molecule has 2 rings (SSSR count). The topological polar surface area (TPSA) is 32.7 Å². The highest BCUT2D eigenvalue weighted by molar-refractivity contribution is 9.10. The van der Waals surface area contributed by atoms with Gasteiger partial charge in [0.2, 0.25) is 0 Å². The van der Waals surface area contributed by atoms with Crippen LogP contribution in [0.5, 0.6) is 5.75 Å². The molecule has 1 N–H and O–H groups in total. The molecule has 2 aromatic carbocycles. The van der Waals surface area contributed by atoms with Crippen LogP contribution in [-0.2, 0) is 13.1 Å². The summed E-state index contributed by atoms with van der Waals surface area (Å²) in [7, 11) is 1.68. The predicted molar refractivity (Wildman–Crippen MR) is 88.3 cm³/mol. The smallest absolute Gasteiger partial charge is 0.123 e. The van der Waals surface area contributed by atoms with Crippen molar-refractivity contribution in [2.24, 2.45) is 0 Å². The second-order valence-electron chi connectivity index (χ2n) is 4.88. The van der Waals surface area contributed by atoms with Crippen molar-refractivity contribution in [1.82, 2.24) is 4.90 Å². The van der Waals surface area contributed by atoms with E-state index in [2.05, 4.69) is 39.0 Å². The highest BCUT2D eigenvalue weighted by Crippen LogP contribution is 2.21.